The second-order valence-corrected chi connectivity index (χ2v) is 17.1. The number of aryl methyl sites for hydroxylation is 1. The Kier molecular flexibility index (Phi) is 10.0. The Bertz CT molecular complexity index is 3470. The van der Waals surface area contributed by atoms with Gasteiger partial charge in [-0.1, -0.05) is 154 Å². The first-order valence-corrected chi connectivity index (χ1v) is 21.5. The molecule has 8 aromatic carbocycles. The van der Waals surface area contributed by atoms with Crippen molar-refractivity contribution in [3.05, 3.63) is 224 Å². The van der Waals surface area contributed by atoms with Crippen LogP contribution in [0.25, 0.3) is 61.0 Å². The minimum atomic E-state index is -2.23. The molecule has 65 heavy (non-hydrogen) atoms. The summed E-state index contributed by atoms with van der Waals surface area (Å²) in [5.74, 6) is 1.95. The maximum absolute atomic E-state index is 8.17. The second-order valence-electron chi connectivity index (χ2n) is 17.1. The van der Waals surface area contributed by atoms with E-state index in [4.69, 9.17) is 13.8 Å². The van der Waals surface area contributed by atoms with Crippen molar-refractivity contribution < 1.29 is 29.9 Å². The van der Waals surface area contributed by atoms with Crippen LogP contribution in [0, 0.1) is 25.7 Å². The van der Waals surface area contributed by atoms with E-state index in [1.807, 2.05) is 60.8 Å². The third-order valence-electron chi connectivity index (χ3n) is 12.1. The van der Waals surface area contributed by atoms with Gasteiger partial charge < -0.3 is 19.1 Å². The SMILES string of the molecule is [2H]C([2H])([2H])c1ccccc1-c1ccc(-c2cccc(-c3ccccc3)c2N2[CH-]N(c3[c-]c(Oc4[c-]c5c(cc4)c4ccccc4n5-c4cc(C(C)(C)C)ccn4)ccc3)c3ccccc32)cc1.[Pt]. The molecule has 0 spiro atoms. The summed E-state index contributed by atoms with van der Waals surface area (Å²) < 4.78 is 33.3. The monoisotopic (exact) mass is 1020 g/mol. The number of hydrogen-bond acceptors (Lipinski definition) is 4. The number of rotatable bonds is 8. The van der Waals surface area contributed by atoms with Crippen LogP contribution in [0.1, 0.15) is 36.0 Å². The molecule has 0 fully saturated rings. The van der Waals surface area contributed by atoms with Gasteiger partial charge in [0.05, 0.1) is 0 Å². The van der Waals surface area contributed by atoms with E-state index < -0.39 is 6.85 Å². The number of hydrogen-bond donors (Lipinski definition) is 0. The molecule has 0 amide bonds. The van der Waals surface area contributed by atoms with E-state index in [2.05, 4.69) is 175 Å². The zero-order valence-electron chi connectivity index (χ0n) is 39.1. The molecule has 0 aliphatic carbocycles. The van der Waals surface area contributed by atoms with Crippen LogP contribution in [-0.2, 0) is 26.5 Å². The van der Waals surface area contributed by atoms with Crippen molar-refractivity contribution in [3.8, 4) is 50.7 Å². The summed E-state index contributed by atoms with van der Waals surface area (Å²) in [5, 5.41) is 2.19. The van der Waals surface area contributed by atoms with E-state index in [1.54, 1.807) is 12.1 Å². The molecule has 0 unspecified atom stereocenters. The molecule has 6 heteroatoms. The van der Waals surface area contributed by atoms with Gasteiger partial charge in [0, 0.05) is 76.6 Å². The maximum atomic E-state index is 8.17. The molecule has 0 atom stereocenters. The summed E-state index contributed by atoms with van der Waals surface area (Å²) in [5.41, 5.74) is 13.0. The van der Waals surface area contributed by atoms with Gasteiger partial charge in [-0.3, -0.25) is 0 Å². The van der Waals surface area contributed by atoms with Crippen molar-refractivity contribution in [1.82, 2.24) is 9.55 Å². The van der Waals surface area contributed by atoms with Crippen LogP contribution in [0.15, 0.2) is 194 Å². The van der Waals surface area contributed by atoms with E-state index in [1.165, 1.54) is 5.56 Å². The molecule has 1 aliphatic heterocycles. The number of para-hydroxylation sites is 4. The number of anilines is 4. The van der Waals surface area contributed by atoms with Gasteiger partial charge in [-0.05, 0) is 81.4 Å². The Morgan fingerprint density at radius 1 is 0.569 bits per heavy atom. The van der Waals surface area contributed by atoms with Crippen LogP contribution in [0.2, 0.25) is 0 Å². The number of fused-ring (bicyclic) bond motifs is 4. The molecule has 0 radical (unpaired) electrons. The van der Waals surface area contributed by atoms with Gasteiger partial charge in [0.15, 0.2) is 0 Å². The van der Waals surface area contributed by atoms with Gasteiger partial charge in [0.1, 0.15) is 5.82 Å². The van der Waals surface area contributed by atoms with E-state index in [9.17, 15) is 0 Å². The molecule has 2 aromatic heterocycles. The average molecular weight is 1020 g/mol. The van der Waals surface area contributed by atoms with Gasteiger partial charge in [-0.2, -0.15) is 12.1 Å². The minimum absolute atomic E-state index is 0. The fourth-order valence-electron chi connectivity index (χ4n) is 8.87. The largest absolute Gasteiger partial charge is 0.509 e. The van der Waals surface area contributed by atoms with E-state index in [0.717, 1.165) is 78.2 Å². The quantitative estimate of drug-likeness (QED) is 0.142. The van der Waals surface area contributed by atoms with Gasteiger partial charge in [0.2, 0.25) is 0 Å². The molecular formula is C59H45N4OPt-3. The Balaban J connectivity index is 0.00000539. The standard InChI is InChI=1S/C59H45N4O.Pt/c1-40-16-8-9-21-48(40)42-28-30-43(31-29-42)50-24-15-23-49(41-17-6-5-7-18-41)58(50)62-39-61(54-26-12-13-27-55(54)62)45-19-14-20-46(37-45)64-47-32-33-52-51-22-10-11-25-53(51)63(56(52)38-47)57-36-44(34-35-60-57)59(2,3)4;/h5-36,39H,1-4H3;/q-3;/i1D3;. The third kappa shape index (κ3) is 7.70. The zero-order valence-corrected chi connectivity index (χ0v) is 38.3. The molecule has 10 aromatic rings. The molecular weight excluding hydrogens is 976 g/mol. The number of pyridine rings is 1. The Morgan fingerprint density at radius 2 is 1.20 bits per heavy atom. The van der Waals surface area contributed by atoms with Crippen molar-refractivity contribution >= 4 is 44.6 Å². The molecule has 1 aliphatic rings. The molecule has 0 saturated carbocycles. The summed E-state index contributed by atoms with van der Waals surface area (Å²) >= 11 is 0. The average Bonchev–Trinajstić information content (AvgIpc) is 3.90. The molecule has 5 nitrogen and oxygen atoms in total. The summed E-state index contributed by atoms with van der Waals surface area (Å²) in [6, 6.07) is 70.5. The predicted octanol–water partition coefficient (Wildman–Crippen LogP) is 15.6. The second kappa shape index (κ2) is 17.1. The van der Waals surface area contributed by atoms with Crippen LogP contribution in [0.3, 0.4) is 0 Å². The van der Waals surface area contributed by atoms with E-state index >= 15 is 0 Å². The Labute approximate surface area is 399 Å². The number of aromatic nitrogens is 2. The van der Waals surface area contributed by atoms with Gasteiger partial charge >= 0.3 is 0 Å². The number of nitrogens with zero attached hydrogens (tertiary/aromatic N) is 4. The van der Waals surface area contributed by atoms with Gasteiger partial charge in [0.25, 0.3) is 0 Å². The molecule has 0 N–H and O–H groups in total. The summed E-state index contributed by atoms with van der Waals surface area (Å²) in [7, 11) is 0. The fourth-order valence-corrected chi connectivity index (χ4v) is 8.87. The smallest absolute Gasteiger partial charge is 0.135 e. The van der Waals surface area contributed by atoms with Crippen molar-refractivity contribution in [1.29, 1.82) is 0 Å². The van der Waals surface area contributed by atoms with Gasteiger partial charge in [-0.25, -0.2) is 4.98 Å². The molecule has 320 valence electrons. The summed E-state index contributed by atoms with van der Waals surface area (Å²) in [6.45, 7) is 6.54. The first kappa shape index (κ1) is 38.3. The van der Waals surface area contributed by atoms with Gasteiger partial charge in [-0.15, -0.1) is 48.1 Å². The van der Waals surface area contributed by atoms with Crippen molar-refractivity contribution in [2.45, 2.75) is 33.0 Å². The van der Waals surface area contributed by atoms with E-state index in [-0.39, 0.29) is 26.5 Å². The van der Waals surface area contributed by atoms with Crippen LogP contribution in [-0.4, -0.2) is 9.55 Å². The van der Waals surface area contributed by atoms with E-state index in [0.29, 0.717) is 22.6 Å². The van der Waals surface area contributed by atoms with Crippen LogP contribution in [0.4, 0.5) is 22.7 Å². The van der Waals surface area contributed by atoms with Crippen LogP contribution in [0.5, 0.6) is 11.5 Å². The topological polar surface area (TPSA) is 33.5 Å². The molecule has 0 saturated heterocycles. The Hall–Kier alpha value is -7.20. The molecule has 0 bridgehead atoms. The molecule has 11 rings (SSSR count). The van der Waals surface area contributed by atoms with Crippen molar-refractivity contribution in [3.63, 3.8) is 0 Å². The fraction of sp³-hybridized carbons (Fsp3) is 0.0847. The van der Waals surface area contributed by atoms with Crippen molar-refractivity contribution in [2.24, 2.45) is 0 Å². The van der Waals surface area contributed by atoms with Crippen LogP contribution >= 0.6 is 0 Å². The first-order valence-electron chi connectivity index (χ1n) is 23.0. The Morgan fingerprint density at radius 3 is 1.97 bits per heavy atom. The first-order chi connectivity index (χ1) is 32.5. The normalized spacial score (nSPS) is 13.2. The molecule has 3 heterocycles. The predicted molar refractivity (Wildman–Crippen MR) is 264 cm³/mol. The minimum Gasteiger partial charge on any atom is -0.509 e. The summed E-state index contributed by atoms with van der Waals surface area (Å²) in [6.07, 6.45) is 1.89. The third-order valence-corrected chi connectivity index (χ3v) is 12.1. The van der Waals surface area contributed by atoms with Crippen molar-refractivity contribution in [2.75, 3.05) is 9.80 Å². The summed E-state index contributed by atoms with van der Waals surface area (Å²) in [4.78, 5) is 9.26. The zero-order chi connectivity index (χ0) is 45.9. The number of benzene rings is 8. The van der Waals surface area contributed by atoms with Crippen LogP contribution < -0.4 is 14.5 Å². The maximum Gasteiger partial charge on any atom is 0.135 e. The number of ether oxygens (including phenoxy) is 1.